The van der Waals surface area contributed by atoms with Crippen LogP contribution in [0.2, 0.25) is 0 Å². The molecule has 9 heteroatoms. The Bertz CT molecular complexity index is 1380. The maximum atomic E-state index is 13.6. The minimum absolute atomic E-state index is 0.00637. The van der Waals surface area contributed by atoms with Crippen LogP contribution in [-0.4, -0.2) is 61.8 Å². The highest BCUT2D eigenvalue weighted by Gasteiger charge is 2.40. The molecule has 0 aliphatic carbocycles. The Balaban J connectivity index is 1.31. The number of aromatic nitrogens is 3. The van der Waals surface area contributed by atoms with Gasteiger partial charge in [0.15, 0.2) is 0 Å². The maximum absolute atomic E-state index is 13.6. The molecular formula is C30H34N6O3. The number of carbonyl (C=O) groups is 2. The highest BCUT2D eigenvalue weighted by molar-refractivity contribution is 5.89. The van der Waals surface area contributed by atoms with Gasteiger partial charge in [-0.1, -0.05) is 61.5 Å². The minimum Gasteiger partial charge on any atom is -0.464 e. The minimum atomic E-state index is -0.593. The summed E-state index contributed by atoms with van der Waals surface area (Å²) in [6, 6.07) is 19.0. The second-order valence-electron chi connectivity index (χ2n) is 10.3. The van der Waals surface area contributed by atoms with Crippen molar-refractivity contribution in [1.29, 1.82) is 0 Å². The number of piperazine rings is 1. The number of para-hydroxylation sites is 1. The summed E-state index contributed by atoms with van der Waals surface area (Å²) in [6.45, 7) is 7.89. The van der Waals surface area contributed by atoms with Crippen LogP contribution in [0.4, 0.5) is 0 Å². The fraction of sp³-hybridized carbons (Fsp3) is 0.333. The number of nitrogens with zero attached hydrogens (tertiary/aromatic N) is 5. The third-order valence-corrected chi connectivity index (χ3v) is 7.10. The molecule has 39 heavy (non-hydrogen) atoms. The van der Waals surface area contributed by atoms with E-state index in [2.05, 4.69) is 26.6 Å². The molecule has 2 atom stereocenters. The molecule has 2 aromatic carbocycles. The van der Waals surface area contributed by atoms with E-state index in [1.165, 1.54) is 0 Å². The molecule has 4 aromatic rings. The number of furan rings is 1. The molecule has 5 rings (SSSR count). The summed E-state index contributed by atoms with van der Waals surface area (Å²) in [7, 11) is 0. The van der Waals surface area contributed by atoms with E-state index in [4.69, 9.17) is 4.42 Å². The average Bonchev–Trinajstić information content (AvgIpc) is 3.67. The van der Waals surface area contributed by atoms with Gasteiger partial charge in [-0.2, -0.15) is 0 Å². The van der Waals surface area contributed by atoms with Gasteiger partial charge in [0.25, 0.3) is 0 Å². The Kier molecular flexibility index (Phi) is 7.88. The first-order valence-electron chi connectivity index (χ1n) is 13.3. The second kappa shape index (κ2) is 11.7. The molecule has 1 aliphatic heterocycles. The van der Waals surface area contributed by atoms with Crippen LogP contribution in [0.3, 0.4) is 0 Å². The first kappa shape index (κ1) is 26.4. The van der Waals surface area contributed by atoms with Crippen LogP contribution in [0.5, 0.6) is 0 Å². The van der Waals surface area contributed by atoms with Gasteiger partial charge in [0.2, 0.25) is 11.8 Å². The number of amides is 2. The molecule has 2 unspecified atom stereocenters. The molecule has 1 N–H and O–H groups in total. The molecule has 1 aliphatic rings. The van der Waals surface area contributed by atoms with Gasteiger partial charge in [-0.3, -0.25) is 14.5 Å². The Hall–Kier alpha value is -4.24. The van der Waals surface area contributed by atoms with Gasteiger partial charge < -0.3 is 14.6 Å². The van der Waals surface area contributed by atoms with Crippen LogP contribution in [0.1, 0.15) is 31.9 Å². The van der Waals surface area contributed by atoms with Crippen LogP contribution in [0.25, 0.3) is 17.0 Å². The van der Waals surface area contributed by atoms with Crippen LogP contribution < -0.4 is 5.32 Å². The zero-order chi connectivity index (χ0) is 27.4. The molecule has 1 fully saturated rings. The van der Waals surface area contributed by atoms with Crippen molar-refractivity contribution in [2.75, 3.05) is 13.1 Å². The SMILES string of the molecule is CC(C)C(=O)N1C(C)CN(Cc2ccccc2-n2ccnn2)CC1C(=O)NCc1ccc(-c2ccco2)cc1. The molecule has 0 bridgehead atoms. The first-order chi connectivity index (χ1) is 18.9. The van der Waals surface area contributed by atoms with E-state index >= 15 is 0 Å². The number of hydrogen-bond donors (Lipinski definition) is 1. The van der Waals surface area contributed by atoms with Gasteiger partial charge in [0.05, 0.1) is 24.3 Å². The molecule has 202 valence electrons. The zero-order valence-corrected chi connectivity index (χ0v) is 22.5. The Labute approximate surface area is 228 Å². The molecule has 0 saturated carbocycles. The fourth-order valence-corrected chi connectivity index (χ4v) is 5.17. The van der Waals surface area contributed by atoms with E-state index in [0.29, 0.717) is 26.2 Å². The smallest absolute Gasteiger partial charge is 0.244 e. The predicted octanol–water partition coefficient (Wildman–Crippen LogP) is 3.90. The summed E-state index contributed by atoms with van der Waals surface area (Å²) in [5.74, 6) is 0.444. The molecule has 9 nitrogen and oxygen atoms in total. The summed E-state index contributed by atoms with van der Waals surface area (Å²) in [5.41, 5.74) is 3.98. The largest absolute Gasteiger partial charge is 0.464 e. The van der Waals surface area contributed by atoms with Crippen LogP contribution >= 0.6 is 0 Å². The molecule has 1 saturated heterocycles. The third kappa shape index (κ3) is 5.93. The highest BCUT2D eigenvalue weighted by atomic mass is 16.3. The van der Waals surface area contributed by atoms with Crippen molar-refractivity contribution in [3.63, 3.8) is 0 Å². The maximum Gasteiger partial charge on any atom is 0.244 e. The molecular weight excluding hydrogens is 492 g/mol. The van der Waals surface area contributed by atoms with Crippen molar-refractivity contribution in [2.24, 2.45) is 5.92 Å². The number of rotatable bonds is 8. The zero-order valence-electron chi connectivity index (χ0n) is 22.5. The summed E-state index contributed by atoms with van der Waals surface area (Å²) in [6.07, 6.45) is 5.12. The van der Waals surface area contributed by atoms with Crippen molar-refractivity contribution >= 4 is 11.8 Å². The second-order valence-corrected chi connectivity index (χ2v) is 10.3. The molecule has 2 amide bonds. The third-order valence-electron chi connectivity index (χ3n) is 7.10. The van der Waals surface area contributed by atoms with E-state index in [1.54, 1.807) is 22.0 Å². The molecule has 0 radical (unpaired) electrons. The van der Waals surface area contributed by atoms with Gasteiger partial charge in [-0.05, 0) is 36.2 Å². The molecule has 3 heterocycles. The van der Waals surface area contributed by atoms with Crippen molar-refractivity contribution < 1.29 is 14.0 Å². The van der Waals surface area contributed by atoms with E-state index in [1.807, 2.05) is 81.6 Å². The summed E-state index contributed by atoms with van der Waals surface area (Å²) < 4.78 is 7.21. The quantitative estimate of drug-likeness (QED) is 0.374. The first-order valence-corrected chi connectivity index (χ1v) is 13.3. The summed E-state index contributed by atoms with van der Waals surface area (Å²) in [5, 5.41) is 11.2. The molecule has 2 aromatic heterocycles. The summed E-state index contributed by atoms with van der Waals surface area (Å²) >= 11 is 0. The van der Waals surface area contributed by atoms with Gasteiger partial charge >= 0.3 is 0 Å². The number of nitrogens with one attached hydrogen (secondary N) is 1. The fourth-order valence-electron chi connectivity index (χ4n) is 5.17. The highest BCUT2D eigenvalue weighted by Crippen LogP contribution is 2.24. The lowest BCUT2D eigenvalue weighted by Gasteiger charge is -2.45. The number of hydrogen-bond acceptors (Lipinski definition) is 6. The van der Waals surface area contributed by atoms with Crippen LogP contribution in [-0.2, 0) is 22.7 Å². The van der Waals surface area contributed by atoms with Gasteiger partial charge in [0.1, 0.15) is 11.8 Å². The standard InChI is InChI=1S/C30H34N6O3/c1-21(2)30(38)36-22(3)18-34(19-25-7-4-5-8-26(25)35-15-14-32-33-35)20-27(36)29(37)31-17-23-10-12-24(13-11-23)28-9-6-16-39-28/h4-16,21-22,27H,17-20H2,1-3H3,(H,31,37). The van der Waals surface area contributed by atoms with E-state index in [9.17, 15) is 9.59 Å². The normalized spacial score (nSPS) is 17.9. The van der Waals surface area contributed by atoms with Crippen molar-refractivity contribution in [2.45, 2.75) is 45.9 Å². The topological polar surface area (TPSA) is 96.5 Å². The lowest BCUT2D eigenvalue weighted by atomic mass is 10.0. The van der Waals surface area contributed by atoms with Gasteiger partial charge in [-0.25, -0.2) is 4.68 Å². The van der Waals surface area contributed by atoms with Crippen molar-refractivity contribution in [1.82, 2.24) is 30.1 Å². The van der Waals surface area contributed by atoms with Gasteiger partial charge in [0, 0.05) is 43.7 Å². The lowest BCUT2D eigenvalue weighted by molar-refractivity contribution is -0.150. The van der Waals surface area contributed by atoms with Gasteiger partial charge in [-0.15, -0.1) is 5.10 Å². The van der Waals surface area contributed by atoms with Crippen LogP contribution in [0, 0.1) is 5.92 Å². The number of benzene rings is 2. The van der Waals surface area contributed by atoms with Crippen molar-refractivity contribution in [3.8, 4) is 17.0 Å². The van der Waals surface area contributed by atoms with E-state index in [0.717, 1.165) is 28.1 Å². The van der Waals surface area contributed by atoms with E-state index in [-0.39, 0.29) is 23.8 Å². The molecule has 0 spiro atoms. The summed E-state index contributed by atoms with van der Waals surface area (Å²) in [4.78, 5) is 30.8. The van der Waals surface area contributed by atoms with E-state index < -0.39 is 6.04 Å². The monoisotopic (exact) mass is 526 g/mol. The van der Waals surface area contributed by atoms with Crippen LogP contribution in [0.15, 0.2) is 83.7 Å². The van der Waals surface area contributed by atoms with Crippen molar-refractivity contribution in [3.05, 3.63) is 90.4 Å². The average molecular weight is 527 g/mol. The number of carbonyl (C=O) groups excluding carboxylic acids is 2. The Morgan fingerprint density at radius 2 is 1.85 bits per heavy atom. The Morgan fingerprint density at radius 1 is 1.05 bits per heavy atom. The predicted molar refractivity (Wildman–Crippen MR) is 148 cm³/mol. The lowest BCUT2D eigenvalue weighted by Crippen LogP contribution is -2.64. The Morgan fingerprint density at radius 3 is 2.54 bits per heavy atom.